The predicted molar refractivity (Wildman–Crippen MR) is 91.0 cm³/mol. The summed E-state index contributed by atoms with van der Waals surface area (Å²) in [5.74, 6) is 0.859. The Bertz CT molecular complexity index is 758. The van der Waals surface area contributed by atoms with Crippen LogP contribution in [0.4, 0.5) is 0 Å². The summed E-state index contributed by atoms with van der Waals surface area (Å²) in [5, 5.41) is 0. The first-order valence-corrected chi connectivity index (χ1v) is 9.41. The molecule has 1 N–H and O–H groups in total. The predicted octanol–water partition coefficient (Wildman–Crippen LogP) is 2.67. The zero-order valence-corrected chi connectivity index (χ0v) is 14.0. The van der Waals surface area contributed by atoms with Crippen LogP contribution in [0, 0.1) is 0 Å². The van der Waals surface area contributed by atoms with Gasteiger partial charge in [-0.3, -0.25) is 0 Å². The van der Waals surface area contributed by atoms with Gasteiger partial charge in [-0.05, 0) is 42.0 Å². The molecular weight excluding hydrogens is 310 g/mol. The van der Waals surface area contributed by atoms with Crippen molar-refractivity contribution in [3.63, 3.8) is 0 Å². The molecule has 2 aromatic rings. The van der Waals surface area contributed by atoms with E-state index in [1.54, 1.807) is 7.11 Å². The van der Waals surface area contributed by atoms with Gasteiger partial charge in [-0.1, -0.05) is 42.5 Å². The van der Waals surface area contributed by atoms with Gasteiger partial charge in [0.1, 0.15) is 5.75 Å². The van der Waals surface area contributed by atoms with Gasteiger partial charge in [0.25, 0.3) is 0 Å². The van der Waals surface area contributed by atoms with E-state index < -0.39 is 10.0 Å². The lowest BCUT2D eigenvalue weighted by Gasteiger charge is -2.26. The van der Waals surface area contributed by atoms with E-state index in [9.17, 15) is 8.42 Å². The van der Waals surface area contributed by atoms with Crippen molar-refractivity contribution in [2.45, 2.75) is 31.1 Å². The molecule has 3 rings (SSSR count). The second kappa shape index (κ2) is 6.72. The highest BCUT2D eigenvalue weighted by molar-refractivity contribution is 7.88. The van der Waals surface area contributed by atoms with Crippen molar-refractivity contribution < 1.29 is 13.2 Å². The molecule has 122 valence electrons. The van der Waals surface area contributed by atoms with Crippen LogP contribution >= 0.6 is 0 Å². The minimum atomic E-state index is -3.35. The first-order chi connectivity index (χ1) is 11.1. The number of sulfonamides is 1. The Morgan fingerprint density at radius 3 is 2.65 bits per heavy atom. The number of ether oxygens (including phenoxy) is 1. The summed E-state index contributed by atoms with van der Waals surface area (Å²) in [7, 11) is -1.70. The average molecular weight is 331 g/mol. The van der Waals surface area contributed by atoms with Gasteiger partial charge in [-0.2, -0.15) is 0 Å². The maximum absolute atomic E-state index is 12.4. The Morgan fingerprint density at radius 1 is 1.13 bits per heavy atom. The standard InChI is InChI=1S/C18H21NO3S/c1-22-18-9-5-8-15-10-11-16(12-17(15)18)19-23(20,21)13-14-6-3-2-4-7-14/h2-9,16,19H,10-13H2,1H3. The van der Waals surface area contributed by atoms with Crippen molar-refractivity contribution in [3.8, 4) is 5.75 Å². The molecule has 0 spiro atoms. The van der Waals surface area contributed by atoms with Gasteiger partial charge < -0.3 is 4.74 Å². The Hall–Kier alpha value is -1.85. The molecule has 0 amide bonds. The highest BCUT2D eigenvalue weighted by Gasteiger charge is 2.25. The van der Waals surface area contributed by atoms with Gasteiger partial charge in [-0.25, -0.2) is 13.1 Å². The fraction of sp³-hybridized carbons (Fsp3) is 0.333. The molecule has 5 heteroatoms. The number of hydrogen-bond donors (Lipinski definition) is 1. The molecule has 1 aliphatic rings. The second-order valence-electron chi connectivity index (χ2n) is 5.90. The fourth-order valence-electron chi connectivity index (χ4n) is 3.14. The van der Waals surface area contributed by atoms with Crippen molar-refractivity contribution in [1.29, 1.82) is 0 Å². The number of methoxy groups -OCH3 is 1. The van der Waals surface area contributed by atoms with Gasteiger partial charge in [0.15, 0.2) is 0 Å². The topological polar surface area (TPSA) is 55.4 Å². The van der Waals surface area contributed by atoms with Crippen molar-refractivity contribution in [1.82, 2.24) is 4.72 Å². The minimum absolute atomic E-state index is 0.0170. The first kappa shape index (κ1) is 16.0. The Balaban J connectivity index is 1.72. The van der Waals surface area contributed by atoms with Gasteiger partial charge >= 0.3 is 0 Å². The van der Waals surface area contributed by atoms with E-state index >= 15 is 0 Å². The summed E-state index contributed by atoms with van der Waals surface area (Å²) in [5.41, 5.74) is 3.17. The van der Waals surface area contributed by atoms with Crippen LogP contribution in [0.1, 0.15) is 23.1 Å². The normalized spacial score (nSPS) is 17.5. The number of rotatable bonds is 5. The molecule has 1 aliphatic carbocycles. The SMILES string of the molecule is COc1cccc2c1CC(NS(=O)(=O)Cc1ccccc1)CC2. The van der Waals surface area contributed by atoms with Crippen LogP contribution in [-0.2, 0) is 28.6 Å². The molecule has 0 aromatic heterocycles. The maximum atomic E-state index is 12.4. The number of fused-ring (bicyclic) bond motifs is 1. The van der Waals surface area contributed by atoms with Crippen molar-refractivity contribution in [2.75, 3.05) is 7.11 Å². The summed E-state index contributed by atoms with van der Waals surface area (Å²) >= 11 is 0. The molecular formula is C18H21NO3S. The zero-order valence-electron chi connectivity index (χ0n) is 13.2. The Morgan fingerprint density at radius 2 is 1.91 bits per heavy atom. The summed E-state index contributed by atoms with van der Waals surface area (Å²) in [6.45, 7) is 0. The third kappa shape index (κ3) is 3.92. The van der Waals surface area contributed by atoms with Crippen LogP contribution < -0.4 is 9.46 Å². The minimum Gasteiger partial charge on any atom is -0.496 e. The van der Waals surface area contributed by atoms with Crippen LogP contribution in [0.5, 0.6) is 5.75 Å². The van der Waals surface area contributed by atoms with E-state index in [2.05, 4.69) is 10.8 Å². The third-order valence-corrected chi connectivity index (χ3v) is 5.61. The van der Waals surface area contributed by atoms with E-state index in [4.69, 9.17) is 4.74 Å². The van der Waals surface area contributed by atoms with Crippen molar-refractivity contribution in [2.24, 2.45) is 0 Å². The summed E-state index contributed by atoms with van der Waals surface area (Å²) in [6.07, 6.45) is 2.35. The number of benzene rings is 2. The lowest BCUT2D eigenvalue weighted by molar-refractivity contribution is 0.400. The Kier molecular flexibility index (Phi) is 4.68. The van der Waals surface area contributed by atoms with E-state index in [0.29, 0.717) is 6.42 Å². The zero-order chi connectivity index (χ0) is 16.3. The van der Waals surface area contributed by atoms with Crippen LogP contribution in [0.15, 0.2) is 48.5 Å². The number of nitrogens with one attached hydrogen (secondary N) is 1. The molecule has 0 bridgehead atoms. The number of aryl methyl sites for hydroxylation is 1. The van der Waals surface area contributed by atoms with Crippen LogP contribution in [0.3, 0.4) is 0 Å². The third-order valence-electron chi connectivity index (χ3n) is 4.21. The van der Waals surface area contributed by atoms with Crippen LogP contribution in [0.2, 0.25) is 0 Å². The van der Waals surface area contributed by atoms with E-state index in [0.717, 1.165) is 29.7 Å². The highest BCUT2D eigenvalue weighted by Crippen LogP contribution is 2.29. The molecule has 0 radical (unpaired) electrons. The largest absolute Gasteiger partial charge is 0.496 e. The van der Waals surface area contributed by atoms with E-state index in [1.165, 1.54) is 5.56 Å². The van der Waals surface area contributed by atoms with Crippen LogP contribution in [0.25, 0.3) is 0 Å². The second-order valence-corrected chi connectivity index (χ2v) is 7.65. The molecule has 0 heterocycles. The quantitative estimate of drug-likeness (QED) is 0.916. The van der Waals surface area contributed by atoms with Gasteiger partial charge in [0.05, 0.1) is 12.9 Å². The molecule has 0 saturated heterocycles. The maximum Gasteiger partial charge on any atom is 0.216 e. The van der Waals surface area contributed by atoms with E-state index in [-0.39, 0.29) is 11.8 Å². The molecule has 0 fully saturated rings. The van der Waals surface area contributed by atoms with E-state index in [1.807, 2.05) is 42.5 Å². The van der Waals surface area contributed by atoms with Gasteiger partial charge in [-0.15, -0.1) is 0 Å². The summed E-state index contributed by atoms with van der Waals surface area (Å²) in [4.78, 5) is 0. The Labute approximate surface area is 137 Å². The smallest absolute Gasteiger partial charge is 0.216 e. The monoisotopic (exact) mass is 331 g/mol. The first-order valence-electron chi connectivity index (χ1n) is 7.76. The van der Waals surface area contributed by atoms with Gasteiger partial charge in [0.2, 0.25) is 10.0 Å². The molecule has 4 nitrogen and oxygen atoms in total. The van der Waals surface area contributed by atoms with Gasteiger partial charge in [0, 0.05) is 6.04 Å². The van der Waals surface area contributed by atoms with Crippen LogP contribution in [-0.4, -0.2) is 21.6 Å². The fourth-order valence-corrected chi connectivity index (χ4v) is 4.56. The summed E-state index contributed by atoms with van der Waals surface area (Å²) in [6, 6.07) is 15.2. The molecule has 0 saturated carbocycles. The molecule has 23 heavy (non-hydrogen) atoms. The molecule has 1 unspecified atom stereocenters. The lowest BCUT2D eigenvalue weighted by Crippen LogP contribution is -2.39. The molecule has 0 aliphatic heterocycles. The van der Waals surface area contributed by atoms with Crippen molar-refractivity contribution >= 4 is 10.0 Å². The summed E-state index contributed by atoms with van der Waals surface area (Å²) < 4.78 is 33.0. The molecule has 2 aromatic carbocycles. The lowest BCUT2D eigenvalue weighted by atomic mass is 9.88. The average Bonchev–Trinajstić information content (AvgIpc) is 2.54. The molecule has 1 atom stereocenters. The highest BCUT2D eigenvalue weighted by atomic mass is 32.2. The van der Waals surface area contributed by atoms with Crippen molar-refractivity contribution in [3.05, 3.63) is 65.2 Å². The number of hydrogen-bond acceptors (Lipinski definition) is 3.